The molecule has 4 rings (SSSR count). The van der Waals surface area contributed by atoms with Crippen LogP contribution in [0.4, 0.5) is 5.69 Å². The molecule has 0 unspecified atom stereocenters. The lowest BCUT2D eigenvalue weighted by atomic mass is 10.2. The first kappa shape index (κ1) is 24.2. The van der Waals surface area contributed by atoms with Crippen LogP contribution in [0.2, 0.25) is 0 Å². The van der Waals surface area contributed by atoms with Crippen LogP contribution in [-0.2, 0) is 0 Å². The molecule has 1 fully saturated rings. The summed E-state index contributed by atoms with van der Waals surface area (Å²) < 4.78 is 10.8. The second kappa shape index (κ2) is 11.4. The highest BCUT2D eigenvalue weighted by molar-refractivity contribution is 7.13. The van der Waals surface area contributed by atoms with Crippen LogP contribution in [0.25, 0.3) is 10.1 Å². The Hall–Kier alpha value is -2.06. The van der Waals surface area contributed by atoms with E-state index in [-0.39, 0.29) is 30.7 Å². The van der Waals surface area contributed by atoms with Crippen LogP contribution in [0.15, 0.2) is 48.5 Å². The number of benzene rings is 2. The predicted molar refractivity (Wildman–Crippen MR) is 128 cm³/mol. The summed E-state index contributed by atoms with van der Waals surface area (Å²) in [7, 11) is 1.71. The number of carbonyl (C=O) groups excluding carboxylic acids is 1. The molecular formula is C21H26Cl2N4O2S. The number of fused-ring (bicyclic) bond motifs is 1. The van der Waals surface area contributed by atoms with Crippen molar-refractivity contribution in [1.82, 2.24) is 14.6 Å². The number of rotatable bonds is 6. The summed E-state index contributed by atoms with van der Waals surface area (Å²) in [5, 5.41) is 3.94. The average molecular weight is 469 g/mol. The molecule has 30 heavy (non-hydrogen) atoms. The van der Waals surface area contributed by atoms with Gasteiger partial charge in [-0.3, -0.25) is 9.69 Å². The molecule has 162 valence electrons. The molecule has 0 saturated carbocycles. The van der Waals surface area contributed by atoms with Crippen LogP contribution in [-0.4, -0.2) is 61.6 Å². The fourth-order valence-corrected chi connectivity index (χ4v) is 4.34. The Kier molecular flexibility index (Phi) is 9.17. The predicted octanol–water partition coefficient (Wildman–Crippen LogP) is 3.70. The topological polar surface area (TPSA) is 57.7 Å². The van der Waals surface area contributed by atoms with Crippen LogP contribution in [0.1, 0.15) is 10.5 Å². The summed E-state index contributed by atoms with van der Waals surface area (Å²) in [6.45, 7) is 5.30. The normalized spacial score (nSPS) is 14.0. The smallest absolute Gasteiger partial charge is 0.271 e. The average Bonchev–Trinajstić information content (AvgIpc) is 3.18. The summed E-state index contributed by atoms with van der Waals surface area (Å²) >= 11 is 1.37. The number of anilines is 1. The first-order chi connectivity index (χ1) is 13.8. The number of para-hydroxylation sites is 2. The molecule has 0 bridgehead atoms. The summed E-state index contributed by atoms with van der Waals surface area (Å²) in [5.74, 6) is 0.823. The van der Waals surface area contributed by atoms with Crippen LogP contribution >= 0.6 is 36.3 Å². The molecule has 1 aliphatic heterocycles. The molecule has 0 radical (unpaired) electrons. The highest BCUT2D eigenvalue weighted by Gasteiger charge is 2.20. The minimum Gasteiger partial charge on any atom is -0.495 e. The number of carbonyl (C=O) groups is 1. The maximum atomic E-state index is 12.5. The van der Waals surface area contributed by atoms with Crippen LogP contribution < -0.4 is 15.0 Å². The second-order valence-corrected chi connectivity index (χ2v) is 7.59. The third-order valence-corrected chi connectivity index (χ3v) is 5.93. The van der Waals surface area contributed by atoms with Gasteiger partial charge in [0, 0.05) is 44.7 Å². The van der Waals surface area contributed by atoms with Crippen molar-refractivity contribution in [3.8, 4) is 5.75 Å². The second-order valence-electron chi connectivity index (χ2n) is 6.78. The van der Waals surface area contributed by atoms with Gasteiger partial charge in [0.15, 0.2) is 0 Å². The molecule has 3 aromatic rings. The molecule has 0 spiro atoms. The molecule has 0 aliphatic carbocycles. The third-order valence-electron chi connectivity index (χ3n) is 5.10. The monoisotopic (exact) mass is 468 g/mol. The number of piperazine rings is 1. The summed E-state index contributed by atoms with van der Waals surface area (Å²) in [4.78, 5) is 17.2. The lowest BCUT2D eigenvalue weighted by molar-refractivity contribution is 0.0945. The Morgan fingerprint density at radius 2 is 1.77 bits per heavy atom. The number of halogens is 2. The highest BCUT2D eigenvalue weighted by Crippen LogP contribution is 2.28. The van der Waals surface area contributed by atoms with E-state index in [1.54, 1.807) is 7.11 Å². The Bertz CT molecular complexity index is 961. The lowest BCUT2D eigenvalue weighted by Crippen LogP contribution is -2.48. The molecule has 2 heterocycles. The zero-order valence-corrected chi connectivity index (χ0v) is 19.2. The number of amides is 1. The quantitative estimate of drug-likeness (QED) is 0.597. The van der Waals surface area contributed by atoms with Crippen molar-refractivity contribution in [2.75, 3.05) is 51.3 Å². The summed E-state index contributed by atoms with van der Waals surface area (Å²) in [6.07, 6.45) is 0. The van der Waals surface area contributed by atoms with E-state index in [2.05, 4.69) is 25.6 Å². The van der Waals surface area contributed by atoms with Gasteiger partial charge in [0.25, 0.3) is 5.91 Å². The van der Waals surface area contributed by atoms with Gasteiger partial charge in [-0.15, -0.1) is 24.8 Å². The van der Waals surface area contributed by atoms with Crippen LogP contribution in [0.5, 0.6) is 5.75 Å². The Balaban J connectivity index is 0.00000160. The molecule has 0 atom stereocenters. The van der Waals surface area contributed by atoms with Gasteiger partial charge in [-0.1, -0.05) is 30.3 Å². The number of nitrogens with one attached hydrogen (secondary N) is 1. The fourth-order valence-electron chi connectivity index (χ4n) is 3.56. The Morgan fingerprint density at radius 1 is 1.07 bits per heavy atom. The van der Waals surface area contributed by atoms with E-state index >= 15 is 0 Å². The van der Waals surface area contributed by atoms with Crippen molar-refractivity contribution in [2.24, 2.45) is 0 Å². The van der Waals surface area contributed by atoms with Crippen molar-refractivity contribution in [3.63, 3.8) is 0 Å². The van der Waals surface area contributed by atoms with Gasteiger partial charge in [-0.25, -0.2) is 0 Å². The molecule has 2 aromatic carbocycles. The van der Waals surface area contributed by atoms with Crippen molar-refractivity contribution < 1.29 is 9.53 Å². The zero-order chi connectivity index (χ0) is 19.3. The van der Waals surface area contributed by atoms with E-state index < -0.39 is 0 Å². The van der Waals surface area contributed by atoms with Gasteiger partial charge < -0.3 is 15.0 Å². The zero-order valence-electron chi connectivity index (χ0n) is 16.7. The third kappa shape index (κ3) is 5.35. The summed E-state index contributed by atoms with van der Waals surface area (Å²) in [5.41, 5.74) is 1.68. The number of hydrogen-bond donors (Lipinski definition) is 1. The molecule has 6 nitrogen and oxygen atoms in total. The molecule has 1 aliphatic rings. The van der Waals surface area contributed by atoms with Gasteiger partial charge in [-0.05, 0) is 29.7 Å². The van der Waals surface area contributed by atoms with E-state index in [4.69, 9.17) is 4.74 Å². The molecule has 9 heteroatoms. The van der Waals surface area contributed by atoms with E-state index in [9.17, 15) is 4.79 Å². The van der Waals surface area contributed by atoms with Gasteiger partial charge >= 0.3 is 0 Å². The van der Waals surface area contributed by atoms with Gasteiger partial charge in [0.05, 0.1) is 17.5 Å². The minimum atomic E-state index is -0.0925. The molecule has 1 saturated heterocycles. The standard InChI is InChI=1S/C21H24N4O2S.2ClH/c1-27-18-8-4-3-7-17(18)25-14-12-24(13-15-25)11-10-22-21(26)20-16-6-2-5-9-19(16)28-23-20;;/h2-9H,10-15H2,1H3,(H,22,26);2*1H. The van der Waals surface area contributed by atoms with Gasteiger partial charge in [0.1, 0.15) is 11.4 Å². The molecular weight excluding hydrogens is 443 g/mol. The highest BCUT2D eigenvalue weighted by atomic mass is 35.5. The first-order valence-electron chi connectivity index (χ1n) is 9.49. The number of nitrogens with zero attached hydrogens (tertiary/aromatic N) is 3. The van der Waals surface area contributed by atoms with Crippen molar-refractivity contribution in [3.05, 3.63) is 54.2 Å². The largest absolute Gasteiger partial charge is 0.495 e. The Labute approximate surface area is 193 Å². The maximum Gasteiger partial charge on any atom is 0.271 e. The van der Waals surface area contributed by atoms with Gasteiger partial charge in [-0.2, -0.15) is 4.37 Å². The molecule has 1 amide bonds. The first-order valence-corrected chi connectivity index (χ1v) is 10.3. The van der Waals surface area contributed by atoms with E-state index in [0.29, 0.717) is 12.2 Å². The maximum absolute atomic E-state index is 12.5. The van der Waals surface area contributed by atoms with Crippen LogP contribution in [0, 0.1) is 0 Å². The van der Waals surface area contributed by atoms with E-state index in [0.717, 1.165) is 54.2 Å². The van der Waals surface area contributed by atoms with E-state index in [1.807, 2.05) is 42.5 Å². The lowest BCUT2D eigenvalue weighted by Gasteiger charge is -2.36. The number of ether oxygens (including phenoxy) is 1. The van der Waals surface area contributed by atoms with Crippen molar-refractivity contribution >= 4 is 58.0 Å². The molecule has 1 aromatic heterocycles. The Morgan fingerprint density at radius 3 is 2.53 bits per heavy atom. The molecule has 1 N–H and O–H groups in total. The fraction of sp³-hybridized carbons (Fsp3) is 0.333. The van der Waals surface area contributed by atoms with Gasteiger partial charge in [0.2, 0.25) is 0 Å². The minimum absolute atomic E-state index is 0. The number of aromatic nitrogens is 1. The number of hydrogen-bond acceptors (Lipinski definition) is 6. The van der Waals surface area contributed by atoms with Crippen molar-refractivity contribution in [2.45, 2.75) is 0 Å². The van der Waals surface area contributed by atoms with E-state index in [1.165, 1.54) is 11.5 Å². The van der Waals surface area contributed by atoms with Crippen LogP contribution in [0.3, 0.4) is 0 Å². The van der Waals surface area contributed by atoms with Crippen molar-refractivity contribution in [1.29, 1.82) is 0 Å². The summed E-state index contributed by atoms with van der Waals surface area (Å²) in [6, 6.07) is 16.0. The SMILES string of the molecule is COc1ccccc1N1CCN(CCNC(=O)c2nsc3ccccc23)CC1.Cl.Cl. The number of methoxy groups -OCH3 is 1.